The third-order valence-electron chi connectivity index (χ3n) is 5.97. The monoisotopic (exact) mass is 368 g/mol. The Morgan fingerprint density at radius 3 is 2.56 bits per heavy atom. The van der Waals surface area contributed by atoms with Gasteiger partial charge in [0.15, 0.2) is 0 Å². The second-order valence-electron chi connectivity index (χ2n) is 7.86. The zero-order chi connectivity index (χ0) is 19.6. The number of piperidine rings is 1. The molecule has 5 nitrogen and oxygen atoms in total. The lowest BCUT2D eigenvalue weighted by atomic mass is 9.96. The highest BCUT2D eigenvalue weighted by Gasteiger charge is 2.34. The molecule has 2 heterocycles. The first-order valence-corrected chi connectivity index (χ1v) is 9.95. The number of carbonyl (C=O) groups excluding carboxylic acids is 1. The minimum absolute atomic E-state index is 0.164. The Kier molecular flexibility index (Phi) is 6.00. The molecule has 1 aromatic heterocycles. The highest BCUT2D eigenvalue weighted by molar-refractivity contribution is 5.83. The van der Waals surface area contributed by atoms with Crippen molar-refractivity contribution in [1.82, 2.24) is 19.6 Å². The largest absolute Gasteiger partial charge is 0.340 e. The molecule has 1 aromatic carbocycles. The summed E-state index contributed by atoms with van der Waals surface area (Å²) in [4.78, 5) is 17.8. The van der Waals surface area contributed by atoms with Crippen LogP contribution in [0.5, 0.6) is 0 Å². The van der Waals surface area contributed by atoms with Gasteiger partial charge in [-0.05, 0) is 45.7 Å². The first-order chi connectivity index (χ1) is 12.9. The smallest absolute Gasteiger partial charge is 0.244 e. The van der Waals surface area contributed by atoms with Crippen LogP contribution in [0.15, 0.2) is 30.3 Å². The molecular formula is C22H32N4O. The molecule has 0 aliphatic carbocycles. The van der Waals surface area contributed by atoms with Gasteiger partial charge in [0.25, 0.3) is 0 Å². The lowest BCUT2D eigenvalue weighted by molar-refractivity contribution is -0.138. The number of aryl methyl sites for hydroxylation is 2. The van der Waals surface area contributed by atoms with Gasteiger partial charge < -0.3 is 4.90 Å². The van der Waals surface area contributed by atoms with Crippen LogP contribution in [0, 0.1) is 13.8 Å². The van der Waals surface area contributed by atoms with Gasteiger partial charge >= 0.3 is 0 Å². The van der Waals surface area contributed by atoms with Gasteiger partial charge in [0.1, 0.15) is 6.04 Å². The van der Waals surface area contributed by atoms with Gasteiger partial charge in [-0.15, -0.1) is 0 Å². The van der Waals surface area contributed by atoms with Crippen molar-refractivity contribution in [1.29, 1.82) is 0 Å². The lowest BCUT2D eigenvalue weighted by Crippen LogP contribution is -2.47. The number of nitrogens with zero attached hydrogens (tertiary/aromatic N) is 4. The van der Waals surface area contributed by atoms with Crippen molar-refractivity contribution in [3.63, 3.8) is 0 Å². The first kappa shape index (κ1) is 19.6. The van der Waals surface area contributed by atoms with Crippen LogP contribution in [0.4, 0.5) is 0 Å². The number of rotatable bonds is 5. The molecule has 2 aromatic rings. The summed E-state index contributed by atoms with van der Waals surface area (Å²) in [6, 6.07) is 10.4. The van der Waals surface area contributed by atoms with Gasteiger partial charge in [-0.25, -0.2) is 0 Å². The molecule has 2 unspecified atom stereocenters. The van der Waals surface area contributed by atoms with E-state index in [1.807, 2.05) is 48.8 Å². The van der Waals surface area contributed by atoms with E-state index >= 15 is 0 Å². The molecule has 2 atom stereocenters. The Hall–Kier alpha value is -2.14. The maximum absolute atomic E-state index is 13.6. The molecule has 0 radical (unpaired) electrons. The fourth-order valence-electron chi connectivity index (χ4n) is 4.19. The van der Waals surface area contributed by atoms with Crippen molar-refractivity contribution in [2.24, 2.45) is 7.05 Å². The number of hydrogen-bond acceptors (Lipinski definition) is 3. The van der Waals surface area contributed by atoms with Crippen molar-refractivity contribution in [3.8, 4) is 0 Å². The SMILES string of the molecule is Cc1nn(C)c(C)c1CN(C)C(=O)C(c1ccccc1)N1CCCCC1C. The summed E-state index contributed by atoms with van der Waals surface area (Å²) in [6.45, 7) is 7.90. The molecule has 1 aliphatic heterocycles. The van der Waals surface area contributed by atoms with Crippen LogP contribution < -0.4 is 0 Å². The number of likely N-dealkylation sites (tertiary alicyclic amines) is 1. The Morgan fingerprint density at radius 2 is 1.96 bits per heavy atom. The predicted octanol–water partition coefficient (Wildman–Crippen LogP) is 3.61. The van der Waals surface area contributed by atoms with Crippen molar-refractivity contribution in [2.45, 2.75) is 58.7 Å². The fourth-order valence-corrected chi connectivity index (χ4v) is 4.19. The molecule has 3 rings (SSSR count). The molecule has 146 valence electrons. The van der Waals surface area contributed by atoms with E-state index in [-0.39, 0.29) is 11.9 Å². The lowest BCUT2D eigenvalue weighted by Gasteiger charge is -2.40. The van der Waals surface area contributed by atoms with Crippen LogP contribution in [-0.2, 0) is 18.4 Å². The summed E-state index contributed by atoms with van der Waals surface area (Å²) in [6.07, 6.45) is 3.56. The molecule has 1 fully saturated rings. The number of benzene rings is 1. The normalized spacial score (nSPS) is 19.1. The number of amides is 1. The Bertz CT molecular complexity index is 783. The van der Waals surface area contributed by atoms with Crippen LogP contribution >= 0.6 is 0 Å². The summed E-state index contributed by atoms with van der Waals surface area (Å²) < 4.78 is 1.89. The fraction of sp³-hybridized carbons (Fsp3) is 0.545. The third kappa shape index (κ3) is 4.08. The molecule has 27 heavy (non-hydrogen) atoms. The second-order valence-corrected chi connectivity index (χ2v) is 7.86. The first-order valence-electron chi connectivity index (χ1n) is 9.95. The van der Waals surface area contributed by atoms with E-state index in [0.717, 1.165) is 41.9 Å². The average molecular weight is 369 g/mol. The van der Waals surface area contributed by atoms with Crippen molar-refractivity contribution >= 4 is 5.91 Å². The highest BCUT2D eigenvalue weighted by atomic mass is 16.2. The number of hydrogen-bond donors (Lipinski definition) is 0. The van der Waals surface area contributed by atoms with Gasteiger partial charge in [-0.3, -0.25) is 14.4 Å². The Labute approximate surface area is 163 Å². The van der Waals surface area contributed by atoms with Gasteiger partial charge in [0.05, 0.1) is 5.69 Å². The zero-order valence-electron chi connectivity index (χ0n) is 17.3. The topological polar surface area (TPSA) is 41.4 Å². The van der Waals surface area contributed by atoms with Crippen molar-refractivity contribution in [3.05, 3.63) is 52.8 Å². The van der Waals surface area contributed by atoms with E-state index < -0.39 is 0 Å². The summed E-state index contributed by atoms with van der Waals surface area (Å²) in [5, 5.41) is 4.50. The number of carbonyl (C=O) groups is 1. The van der Waals surface area contributed by atoms with E-state index in [2.05, 4.69) is 36.0 Å². The maximum atomic E-state index is 13.6. The summed E-state index contributed by atoms with van der Waals surface area (Å²) in [5.41, 5.74) is 4.35. The molecule has 1 amide bonds. The van der Waals surface area contributed by atoms with Gasteiger partial charge in [0, 0.05) is 37.9 Å². The molecule has 5 heteroatoms. The molecule has 0 bridgehead atoms. The molecule has 0 saturated carbocycles. The second kappa shape index (κ2) is 8.26. The molecule has 1 saturated heterocycles. The van der Waals surface area contributed by atoms with Gasteiger partial charge in [0.2, 0.25) is 5.91 Å². The van der Waals surface area contributed by atoms with Crippen LogP contribution in [0.3, 0.4) is 0 Å². The van der Waals surface area contributed by atoms with Crippen molar-refractivity contribution < 1.29 is 4.79 Å². The minimum atomic E-state index is -0.219. The molecule has 0 N–H and O–H groups in total. The number of aromatic nitrogens is 2. The summed E-state index contributed by atoms with van der Waals surface area (Å²) in [7, 11) is 3.87. The minimum Gasteiger partial charge on any atom is -0.340 e. The van der Waals surface area contributed by atoms with E-state index in [9.17, 15) is 4.79 Å². The van der Waals surface area contributed by atoms with Crippen LogP contribution in [0.2, 0.25) is 0 Å². The average Bonchev–Trinajstić information content (AvgIpc) is 2.90. The molecular weight excluding hydrogens is 336 g/mol. The summed E-state index contributed by atoms with van der Waals surface area (Å²) in [5.74, 6) is 0.164. The summed E-state index contributed by atoms with van der Waals surface area (Å²) >= 11 is 0. The van der Waals surface area contributed by atoms with Gasteiger partial charge in [-0.1, -0.05) is 36.8 Å². The van der Waals surface area contributed by atoms with E-state index in [0.29, 0.717) is 12.6 Å². The maximum Gasteiger partial charge on any atom is 0.244 e. The third-order valence-corrected chi connectivity index (χ3v) is 5.97. The van der Waals surface area contributed by atoms with Crippen LogP contribution in [0.25, 0.3) is 0 Å². The van der Waals surface area contributed by atoms with Crippen LogP contribution in [-0.4, -0.2) is 45.1 Å². The van der Waals surface area contributed by atoms with E-state index in [4.69, 9.17) is 0 Å². The predicted molar refractivity (Wildman–Crippen MR) is 108 cm³/mol. The Balaban J connectivity index is 1.88. The zero-order valence-corrected chi connectivity index (χ0v) is 17.3. The van der Waals surface area contributed by atoms with Crippen LogP contribution in [0.1, 0.15) is 54.7 Å². The van der Waals surface area contributed by atoms with E-state index in [1.54, 1.807) is 0 Å². The van der Waals surface area contributed by atoms with Crippen molar-refractivity contribution in [2.75, 3.05) is 13.6 Å². The van der Waals surface area contributed by atoms with E-state index in [1.165, 1.54) is 6.42 Å². The number of likely N-dealkylation sites (N-methyl/N-ethyl adjacent to an activating group) is 1. The highest BCUT2D eigenvalue weighted by Crippen LogP contribution is 2.30. The molecule has 1 aliphatic rings. The quantitative estimate of drug-likeness (QED) is 0.809. The molecule has 0 spiro atoms. The van der Waals surface area contributed by atoms with Gasteiger partial charge in [-0.2, -0.15) is 5.10 Å². The Morgan fingerprint density at radius 1 is 1.26 bits per heavy atom. The standard InChI is InChI=1S/C22H32N4O/c1-16-11-9-10-14-26(16)21(19-12-7-6-8-13-19)22(27)24(4)15-20-17(2)23-25(5)18(20)3/h6-8,12-13,16,21H,9-11,14-15H2,1-5H3.